The summed E-state index contributed by atoms with van der Waals surface area (Å²) in [6, 6.07) is 7.29. The van der Waals surface area contributed by atoms with Gasteiger partial charge in [0.2, 0.25) is 5.88 Å². The summed E-state index contributed by atoms with van der Waals surface area (Å²) < 4.78 is 10.6. The summed E-state index contributed by atoms with van der Waals surface area (Å²) in [5.41, 5.74) is 1.07. The summed E-state index contributed by atoms with van der Waals surface area (Å²) in [6.07, 6.45) is 3.26. The number of halogens is 1. The smallest absolute Gasteiger partial charge is 0.289 e. The van der Waals surface area contributed by atoms with E-state index in [9.17, 15) is 4.79 Å². The molecule has 0 spiro atoms. The number of furan rings is 1. The molecule has 0 unspecified atom stereocenters. The number of amides is 1. The number of nitrogens with zero attached hydrogens (tertiary/aromatic N) is 4. The molecule has 9 heteroatoms. The van der Waals surface area contributed by atoms with E-state index in [1.54, 1.807) is 30.3 Å². The van der Waals surface area contributed by atoms with Crippen molar-refractivity contribution < 1.29 is 13.9 Å². The van der Waals surface area contributed by atoms with Gasteiger partial charge in [0.1, 0.15) is 0 Å². The number of aliphatic imine (C=N–C) groups is 1. The largest absolute Gasteiger partial charge is 0.478 e. The van der Waals surface area contributed by atoms with Crippen molar-refractivity contribution in [1.82, 2.24) is 20.1 Å². The first-order valence-corrected chi connectivity index (χ1v) is 9.07. The highest BCUT2D eigenvalue weighted by atomic mass is 127. The van der Waals surface area contributed by atoms with Crippen LogP contribution in [0.1, 0.15) is 23.0 Å². The Morgan fingerprint density at radius 3 is 2.68 bits per heavy atom. The first kappa shape index (κ1) is 22.0. The second-order valence-electron chi connectivity index (χ2n) is 6.09. The van der Waals surface area contributed by atoms with Crippen molar-refractivity contribution in [2.24, 2.45) is 4.99 Å². The SMILES string of the molecule is CCOc1cc(CNC(=NC)N2CCN(C(=O)c3ccco3)CC2)ccn1.I. The lowest BCUT2D eigenvalue weighted by Gasteiger charge is -2.36. The summed E-state index contributed by atoms with van der Waals surface area (Å²) >= 11 is 0. The number of nitrogens with one attached hydrogen (secondary N) is 1. The number of pyridine rings is 1. The fourth-order valence-corrected chi connectivity index (χ4v) is 2.98. The molecule has 0 atom stereocenters. The zero-order valence-corrected chi connectivity index (χ0v) is 18.5. The summed E-state index contributed by atoms with van der Waals surface area (Å²) in [4.78, 5) is 24.9. The predicted molar refractivity (Wildman–Crippen MR) is 117 cm³/mol. The number of guanidine groups is 1. The van der Waals surface area contributed by atoms with Gasteiger partial charge in [-0.3, -0.25) is 9.79 Å². The van der Waals surface area contributed by atoms with E-state index >= 15 is 0 Å². The third-order valence-corrected chi connectivity index (χ3v) is 4.35. The minimum atomic E-state index is -0.0668. The Kier molecular flexibility index (Phi) is 8.55. The maximum Gasteiger partial charge on any atom is 0.289 e. The van der Waals surface area contributed by atoms with Crippen molar-refractivity contribution in [3.8, 4) is 5.88 Å². The van der Waals surface area contributed by atoms with E-state index in [0.717, 1.165) is 11.5 Å². The van der Waals surface area contributed by atoms with Crippen LogP contribution in [0.4, 0.5) is 0 Å². The predicted octanol–water partition coefficient (Wildman–Crippen LogP) is 2.22. The van der Waals surface area contributed by atoms with Crippen molar-refractivity contribution in [1.29, 1.82) is 0 Å². The van der Waals surface area contributed by atoms with Crippen molar-refractivity contribution in [2.75, 3.05) is 39.8 Å². The molecule has 1 saturated heterocycles. The van der Waals surface area contributed by atoms with Crippen molar-refractivity contribution in [3.05, 3.63) is 48.0 Å². The number of carbonyl (C=O) groups excluding carboxylic acids is 1. The summed E-state index contributed by atoms with van der Waals surface area (Å²) in [5, 5.41) is 3.37. The number of ether oxygens (including phenoxy) is 1. The molecule has 3 heterocycles. The molecule has 2 aromatic rings. The monoisotopic (exact) mass is 499 g/mol. The highest BCUT2D eigenvalue weighted by Crippen LogP contribution is 2.11. The minimum absolute atomic E-state index is 0. The van der Waals surface area contributed by atoms with Crippen molar-refractivity contribution >= 4 is 35.8 Å². The quantitative estimate of drug-likeness (QED) is 0.386. The molecular weight excluding hydrogens is 473 g/mol. The van der Waals surface area contributed by atoms with E-state index in [4.69, 9.17) is 9.15 Å². The molecule has 0 bridgehead atoms. The molecule has 0 saturated carbocycles. The van der Waals surface area contributed by atoms with Crippen molar-refractivity contribution in [3.63, 3.8) is 0 Å². The molecule has 8 nitrogen and oxygen atoms in total. The zero-order valence-electron chi connectivity index (χ0n) is 16.1. The fourth-order valence-electron chi connectivity index (χ4n) is 2.98. The second kappa shape index (κ2) is 10.9. The van der Waals surface area contributed by atoms with Gasteiger partial charge in [-0.15, -0.1) is 24.0 Å². The van der Waals surface area contributed by atoms with Crippen LogP contribution in [0.15, 0.2) is 46.1 Å². The van der Waals surface area contributed by atoms with Crippen LogP contribution in [-0.4, -0.2) is 66.5 Å². The third kappa shape index (κ3) is 5.60. The van der Waals surface area contributed by atoms with Crippen LogP contribution in [0.25, 0.3) is 0 Å². The van der Waals surface area contributed by atoms with Gasteiger partial charge < -0.3 is 24.3 Å². The van der Waals surface area contributed by atoms with Gasteiger partial charge in [-0.05, 0) is 30.7 Å². The summed E-state index contributed by atoms with van der Waals surface area (Å²) in [7, 11) is 1.76. The first-order chi connectivity index (χ1) is 13.2. The van der Waals surface area contributed by atoms with Gasteiger partial charge in [-0.2, -0.15) is 0 Å². The van der Waals surface area contributed by atoms with Gasteiger partial charge in [0, 0.05) is 52.0 Å². The Morgan fingerprint density at radius 2 is 2.04 bits per heavy atom. The average molecular weight is 499 g/mol. The molecule has 2 aromatic heterocycles. The van der Waals surface area contributed by atoms with Gasteiger partial charge in [-0.1, -0.05) is 0 Å². The van der Waals surface area contributed by atoms with Gasteiger partial charge in [-0.25, -0.2) is 4.98 Å². The molecule has 0 radical (unpaired) electrons. The van der Waals surface area contributed by atoms with Gasteiger partial charge in [0.25, 0.3) is 5.91 Å². The second-order valence-corrected chi connectivity index (χ2v) is 6.09. The van der Waals surface area contributed by atoms with E-state index in [1.165, 1.54) is 6.26 Å². The molecule has 0 aromatic carbocycles. The van der Waals surface area contributed by atoms with E-state index in [-0.39, 0.29) is 29.9 Å². The molecule has 1 amide bonds. The highest BCUT2D eigenvalue weighted by Gasteiger charge is 2.25. The molecule has 1 aliphatic rings. The number of hydrogen-bond donors (Lipinski definition) is 1. The lowest BCUT2D eigenvalue weighted by Crippen LogP contribution is -2.53. The lowest BCUT2D eigenvalue weighted by molar-refractivity contribution is 0.0657. The molecule has 0 aliphatic carbocycles. The summed E-state index contributed by atoms with van der Waals surface area (Å²) in [5.74, 6) is 1.75. The number of rotatable bonds is 5. The molecular formula is C19H26IN5O3. The summed E-state index contributed by atoms with van der Waals surface area (Å²) in [6.45, 7) is 5.84. The molecule has 28 heavy (non-hydrogen) atoms. The Labute approximate surface area is 182 Å². The zero-order chi connectivity index (χ0) is 19.1. The first-order valence-electron chi connectivity index (χ1n) is 9.07. The molecule has 1 N–H and O–H groups in total. The van der Waals surface area contributed by atoms with E-state index in [0.29, 0.717) is 51.0 Å². The average Bonchev–Trinajstić information content (AvgIpc) is 3.24. The Morgan fingerprint density at radius 1 is 1.29 bits per heavy atom. The third-order valence-electron chi connectivity index (χ3n) is 4.35. The lowest BCUT2D eigenvalue weighted by atomic mass is 10.2. The van der Waals surface area contributed by atoms with Crippen LogP contribution in [0.5, 0.6) is 5.88 Å². The maximum absolute atomic E-state index is 12.4. The van der Waals surface area contributed by atoms with Gasteiger partial charge in [0.15, 0.2) is 11.7 Å². The van der Waals surface area contributed by atoms with Crippen LogP contribution in [0.3, 0.4) is 0 Å². The van der Waals surface area contributed by atoms with Gasteiger partial charge in [0.05, 0.1) is 12.9 Å². The van der Waals surface area contributed by atoms with Crippen LogP contribution in [0.2, 0.25) is 0 Å². The van der Waals surface area contributed by atoms with Gasteiger partial charge >= 0.3 is 0 Å². The van der Waals surface area contributed by atoms with E-state index < -0.39 is 0 Å². The molecule has 3 rings (SSSR count). The van der Waals surface area contributed by atoms with Crippen LogP contribution in [-0.2, 0) is 6.54 Å². The number of aromatic nitrogens is 1. The standard InChI is InChI=1S/C19H25N5O3.HI/c1-3-26-17-13-15(6-7-21-17)14-22-19(20-2)24-10-8-23(9-11-24)18(25)16-5-4-12-27-16;/h4-7,12-13H,3,8-11,14H2,1-2H3,(H,20,22);1H. The highest BCUT2D eigenvalue weighted by molar-refractivity contribution is 14.0. The topological polar surface area (TPSA) is 83.2 Å². The van der Waals surface area contributed by atoms with E-state index in [1.807, 2.05) is 19.1 Å². The maximum atomic E-state index is 12.4. The minimum Gasteiger partial charge on any atom is -0.478 e. The van der Waals surface area contributed by atoms with Crippen molar-refractivity contribution in [2.45, 2.75) is 13.5 Å². The Hall–Kier alpha value is -2.30. The fraction of sp³-hybridized carbons (Fsp3) is 0.421. The Balaban J connectivity index is 0.00000280. The number of piperazine rings is 1. The molecule has 1 fully saturated rings. The number of hydrogen-bond acceptors (Lipinski definition) is 5. The van der Waals surface area contributed by atoms with Crippen LogP contribution < -0.4 is 10.1 Å². The van der Waals surface area contributed by atoms with E-state index in [2.05, 4.69) is 20.2 Å². The molecule has 152 valence electrons. The normalized spacial score (nSPS) is 14.4. The van der Waals surface area contributed by atoms with Crippen LogP contribution >= 0.6 is 24.0 Å². The Bertz CT molecular complexity index is 774. The number of carbonyl (C=O) groups is 1. The van der Waals surface area contributed by atoms with Crippen LogP contribution in [0, 0.1) is 0 Å². The molecule has 1 aliphatic heterocycles.